The third-order valence-electron chi connectivity index (χ3n) is 3.15. The Hall–Kier alpha value is -1.53. The highest BCUT2D eigenvalue weighted by molar-refractivity contribution is 5.88. The van der Waals surface area contributed by atoms with E-state index in [-0.39, 0.29) is 18.4 Å². The van der Waals surface area contributed by atoms with Crippen LogP contribution >= 0.6 is 0 Å². The number of nitrogens with zero attached hydrogens (tertiary/aromatic N) is 1. The average Bonchev–Trinajstić information content (AvgIpc) is 2.34. The highest BCUT2D eigenvalue weighted by atomic mass is 19.4. The van der Waals surface area contributed by atoms with Crippen molar-refractivity contribution in [1.82, 2.24) is 10.2 Å². The summed E-state index contributed by atoms with van der Waals surface area (Å²) in [5.41, 5.74) is 0.912. The lowest BCUT2D eigenvalue weighted by atomic mass is 9.96. The van der Waals surface area contributed by atoms with Gasteiger partial charge in [-0.05, 0) is 32.6 Å². The van der Waals surface area contributed by atoms with Gasteiger partial charge in [-0.15, -0.1) is 0 Å². The van der Waals surface area contributed by atoms with E-state index in [4.69, 9.17) is 0 Å². The first-order valence-corrected chi connectivity index (χ1v) is 6.49. The molecule has 0 aromatic heterocycles. The molecule has 1 aliphatic rings. The zero-order valence-corrected chi connectivity index (χ0v) is 11.6. The highest BCUT2D eigenvalue weighted by Gasteiger charge is 2.38. The van der Waals surface area contributed by atoms with Gasteiger partial charge in [0.15, 0.2) is 0 Å². The van der Waals surface area contributed by atoms with Crippen LogP contribution in [0.15, 0.2) is 11.6 Å². The molecule has 0 unspecified atom stereocenters. The van der Waals surface area contributed by atoms with Crippen LogP contribution in [0.1, 0.15) is 26.7 Å². The Morgan fingerprint density at radius 3 is 2.25 bits per heavy atom. The van der Waals surface area contributed by atoms with Gasteiger partial charge in [-0.1, -0.05) is 5.57 Å². The summed E-state index contributed by atoms with van der Waals surface area (Å²) >= 11 is 0. The van der Waals surface area contributed by atoms with Crippen LogP contribution in [0.4, 0.5) is 13.2 Å². The fourth-order valence-electron chi connectivity index (χ4n) is 2.03. The molecule has 0 radical (unpaired) electrons. The van der Waals surface area contributed by atoms with E-state index in [0.717, 1.165) is 5.57 Å². The molecule has 0 atom stereocenters. The Balaban J connectivity index is 2.34. The van der Waals surface area contributed by atoms with Crippen molar-refractivity contribution < 1.29 is 22.8 Å². The zero-order chi connectivity index (χ0) is 15.3. The molecule has 1 N–H and O–H groups in total. The zero-order valence-electron chi connectivity index (χ0n) is 11.6. The quantitative estimate of drug-likeness (QED) is 0.807. The van der Waals surface area contributed by atoms with E-state index in [1.807, 2.05) is 19.2 Å². The largest absolute Gasteiger partial charge is 0.471 e. The SMILES string of the molecule is CC(C)=CC(=O)N1CCC(CNC(=O)C(F)(F)F)CC1. The summed E-state index contributed by atoms with van der Waals surface area (Å²) in [5, 5.41) is 1.89. The second-order valence-corrected chi connectivity index (χ2v) is 5.20. The maximum Gasteiger partial charge on any atom is 0.471 e. The van der Waals surface area contributed by atoms with Gasteiger partial charge in [0.25, 0.3) is 0 Å². The number of hydrogen-bond acceptors (Lipinski definition) is 2. The van der Waals surface area contributed by atoms with Gasteiger partial charge in [-0.3, -0.25) is 9.59 Å². The van der Waals surface area contributed by atoms with Crippen molar-refractivity contribution in [3.63, 3.8) is 0 Å². The first-order chi connectivity index (χ1) is 9.20. The van der Waals surface area contributed by atoms with Crippen LogP contribution in [0.25, 0.3) is 0 Å². The number of rotatable bonds is 3. The number of carbonyl (C=O) groups is 2. The van der Waals surface area contributed by atoms with Gasteiger partial charge in [-0.2, -0.15) is 13.2 Å². The van der Waals surface area contributed by atoms with E-state index in [0.29, 0.717) is 25.9 Å². The second-order valence-electron chi connectivity index (χ2n) is 5.20. The monoisotopic (exact) mass is 292 g/mol. The van der Waals surface area contributed by atoms with Crippen molar-refractivity contribution >= 4 is 11.8 Å². The minimum atomic E-state index is -4.83. The summed E-state index contributed by atoms with van der Waals surface area (Å²) in [6.07, 6.45) is -2.09. The molecule has 114 valence electrons. The minimum absolute atomic E-state index is 0.00299. The summed E-state index contributed by atoms with van der Waals surface area (Å²) in [6.45, 7) is 4.68. The standard InChI is InChI=1S/C13H19F3N2O2/c1-9(2)7-11(19)18-5-3-10(4-6-18)8-17-12(20)13(14,15)16/h7,10H,3-6,8H2,1-2H3,(H,17,20). The van der Waals surface area contributed by atoms with E-state index in [2.05, 4.69) is 0 Å². The second kappa shape index (κ2) is 6.76. The van der Waals surface area contributed by atoms with Crippen LogP contribution in [0.2, 0.25) is 0 Å². The molecule has 0 spiro atoms. The van der Waals surface area contributed by atoms with Gasteiger partial charge in [-0.25, -0.2) is 0 Å². The fourth-order valence-corrected chi connectivity index (χ4v) is 2.03. The molecule has 20 heavy (non-hydrogen) atoms. The van der Waals surface area contributed by atoms with Crippen LogP contribution in [0.3, 0.4) is 0 Å². The first kappa shape index (κ1) is 16.5. The number of piperidine rings is 1. The molecule has 0 aliphatic carbocycles. The molecular weight excluding hydrogens is 273 g/mol. The van der Waals surface area contributed by atoms with Crippen molar-refractivity contribution in [2.45, 2.75) is 32.9 Å². The number of carbonyl (C=O) groups excluding carboxylic acids is 2. The Labute approximate surface area is 116 Å². The average molecular weight is 292 g/mol. The Kier molecular flexibility index (Phi) is 5.59. The third kappa shape index (κ3) is 5.22. The molecule has 2 amide bonds. The number of allylic oxidation sites excluding steroid dienone is 1. The summed E-state index contributed by atoms with van der Waals surface area (Å²) < 4.78 is 36.1. The van der Waals surface area contributed by atoms with E-state index in [9.17, 15) is 22.8 Å². The molecule has 0 saturated carbocycles. The van der Waals surface area contributed by atoms with E-state index in [1.165, 1.54) is 0 Å². The lowest BCUT2D eigenvalue weighted by Gasteiger charge is -2.31. The normalized spacial score (nSPS) is 16.8. The summed E-state index contributed by atoms with van der Waals surface area (Å²) in [6, 6.07) is 0. The van der Waals surface area contributed by atoms with Gasteiger partial charge in [0.05, 0.1) is 0 Å². The molecule has 0 bridgehead atoms. The van der Waals surface area contributed by atoms with Gasteiger partial charge < -0.3 is 10.2 Å². The highest BCUT2D eigenvalue weighted by Crippen LogP contribution is 2.18. The van der Waals surface area contributed by atoms with Gasteiger partial charge in [0.2, 0.25) is 5.91 Å². The summed E-state index contributed by atoms with van der Waals surface area (Å²) in [5.74, 6) is -1.99. The molecular formula is C13H19F3N2O2. The smallest absolute Gasteiger partial charge is 0.348 e. The topological polar surface area (TPSA) is 49.4 Å². The lowest BCUT2D eigenvalue weighted by Crippen LogP contribution is -2.43. The van der Waals surface area contributed by atoms with E-state index >= 15 is 0 Å². The Morgan fingerprint density at radius 2 is 1.80 bits per heavy atom. The van der Waals surface area contributed by atoms with Crippen LogP contribution < -0.4 is 5.32 Å². The maximum absolute atomic E-state index is 12.0. The van der Waals surface area contributed by atoms with Crippen molar-refractivity contribution in [3.05, 3.63) is 11.6 Å². The van der Waals surface area contributed by atoms with Crippen molar-refractivity contribution in [3.8, 4) is 0 Å². The lowest BCUT2D eigenvalue weighted by molar-refractivity contribution is -0.173. The molecule has 1 heterocycles. The summed E-state index contributed by atoms with van der Waals surface area (Å²) in [4.78, 5) is 24.1. The molecule has 0 aromatic rings. The van der Waals surface area contributed by atoms with Gasteiger partial charge in [0.1, 0.15) is 0 Å². The molecule has 7 heteroatoms. The number of hydrogen-bond donors (Lipinski definition) is 1. The fraction of sp³-hybridized carbons (Fsp3) is 0.692. The Bertz CT molecular complexity index is 393. The van der Waals surface area contributed by atoms with Gasteiger partial charge in [0, 0.05) is 25.7 Å². The number of halogens is 3. The molecule has 4 nitrogen and oxygen atoms in total. The van der Waals surface area contributed by atoms with Crippen molar-refractivity contribution in [1.29, 1.82) is 0 Å². The third-order valence-corrected chi connectivity index (χ3v) is 3.15. The first-order valence-electron chi connectivity index (χ1n) is 6.49. The number of amides is 2. The van der Waals surface area contributed by atoms with Crippen LogP contribution in [0, 0.1) is 5.92 Å². The van der Waals surface area contributed by atoms with Crippen molar-refractivity contribution in [2.75, 3.05) is 19.6 Å². The maximum atomic E-state index is 12.0. The number of likely N-dealkylation sites (tertiary alicyclic amines) is 1. The molecule has 1 saturated heterocycles. The number of alkyl halides is 3. The Morgan fingerprint density at radius 1 is 1.25 bits per heavy atom. The van der Waals surface area contributed by atoms with Crippen LogP contribution in [-0.4, -0.2) is 42.5 Å². The van der Waals surface area contributed by atoms with Crippen LogP contribution in [-0.2, 0) is 9.59 Å². The summed E-state index contributed by atoms with van der Waals surface area (Å²) in [7, 11) is 0. The molecule has 1 rings (SSSR count). The number of nitrogens with one attached hydrogen (secondary N) is 1. The van der Waals surface area contributed by atoms with Crippen molar-refractivity contribution in [2.24, 2.45) is 5.92 Å². The van der Waals surface area contributed by atoms with Gasteiger partial charge >= 0.3 is 12.1 Å². The predicted octanol–water partition coefficient (Wildman–Crippen LogP) is 1.87. The predicted molar refractivity (Wildman–Crippen MR) is 67.8 cm³/mol. The molecule has 1 fully saturated rings. The van der Waals surface area contributed by atoms with E-state index < -0.39 is 12.1 Å². The van der Waals surface area contributed by atoms with E-state index in [1.54, 1.807) is 11.0 Å². The molecule has 1 aliphatic heterocycles. The van der Waals surface area contributed by atoms with Crippen LogP contribution in [0.5, 0.6) is 0 Å². The molecule has 0 aromatic carbocycles. The minimum Gasteiger partial charge on any atom is -0.348 e.